The van der Waals surface area contributed by atoms with E-state index >= 15 is 0 Å². The molecule has 0 radical (unpaired) electrons. The molecule has 1 atom stereocenters. The maximum absolute atomic E-state index is 13.3. The molecule has 1 unspecified atom stereocenters. The van der Waals surface area contributed by atoms with Crippen molar-refractivity contribution < 1.29 is 18.7 Å². The zero-order valence-electron chi connectivity index (χ0n) is 19.5. The Hall–Kier alpha value is -3.61. The first kappa shape index (κ1) is 22.2. The predicted molar refractivity (Wildman–Crippen MR) is 129 cm³/mol. The minimum Gasteiger partial charge on any atom is -0.469 e. The summed E-state index contributed by atoms with van der Waals surface area (Å²) in [7, 11) is 1.44. The monoisotopic (exact) mass is 459 g/mol. The number of ether oxygens (including phenoxy) is 1. The van der Waals surface area contributed by atoms with E-state index < -0.39 is 0 Å². The van der Waals surface area contributed by atoms with Gasteiger partial charge in [-0.05, 0) is 50.7 Å². The molecular formula is C27H29N3O4. The van der Waals surface area contributed by atoms with E-state index in [1.807, 2.05) is 47.9 Å². The number of furan rings is 1. The molecule has 0 aliphatic heterocycles. The first-order valence-corrected chi connectivity index (χ1v) is 11.8. The molecule has 7 nitrogen and oxygen atoms in total. The summed E-state index contributed by atoms with van der Waals surface area (Å²) in [5, 5.41) is 4.28. The van der Waals surface area contributed by atoms with Crippen LogP contribution >= 0.6 is 0 Å². The number of para-hydroxylation sites is 1. The second kappa shape index (κ2) is 9.33. The fourth-order valence-corrected chi connectivity index (χ4v) is 5.11. The Balaban J connectivity index is 1.33. The molecule has 1 aliphatic carbocycles. The average molecular weight is 460 g/mol. The molecule has 1 amide bonds. The van der Waals surface area contributed by atoms with Crippen LogP contribution in [0.25, 0.3) is 22.0 Å². The van der Waals surface area contributed by atoms with Crippen molar-refractivity contribution in [2.24, 2.45) is 11.8 Å². The number of amides is 1. The topological polar surface area (TPSA) is 86.4 Å². The molecule has 1 saturated carbocycles. The van der Waals surface area contributed by atoms with E-state index in [1.165, 1.54) is 7.11 Å². The van der Waals surface area contributed by atoms with E-state index in [4.69, 9.17) is 14.1 Å². The summed E-state index contributed by atoms with van der Waals surface area (Å²) in [6, 6.07) is 15.7. The van der Waals surface area contributed by atoms with Crippen LogP contribution in [0.2, 0.25) is 0 Å². The van der Waals surface area contributed by atoms with Gasteiger partial charge in [0.05, 0.1) is 42.6 Å². The quantitative estimate of drug-likeness (QED) is 0.413. The Morgan fingerprint density at radius 3 is 2.74 bits per heavy atom. The van der Waals surface area contributed by atoms with Crippen LogP contribution in [-0.2, 0) is 16.1 Å². The molecule has 4 aromatic rings. The molecule has 0 spiro atoms. The van der Waals surface area contributed by atoms with Gasteiger partial charge in [0.1, 0.15) is 5.69 Å². The number of nitrogens with zero attached hydrogens (tertiary/aromatic N) is 2. The molecule has 1 aromatic carbocycles. The number of esters is 1. The molecule has 5 rings (SSSR count). The zero-order chi connectivity index (χ0) is 23.7. The smallest absolute Gasteiger partial charge is 0.308 e. The lowest BCUT2D eigenvalue weighted by atomic mass is 9.79. The normalized spacial score (nSPS) is 19.2. The lowest BCUT2D eigenvalue weighted by molar-refractivity contribution is -0.146. The van der Waals surface area contributed by atoms with Crippen LogP contribution in [0.5, 0.6) is 0 Å². The highest BCUT2D eigenvalue weighted by Gasteiger charge is 2.30. The fourth-order valence-electron chi connectivity index (χ4n) is 5.11. The number of fused-ring (bicyclic) bond motifs is 2. The third kappa shape index (κ3) is 4.30. The maximum atomic E-state index is 13.3. The van der Waals surface area contributed by atoms with Gasteiger partial charge in [-0.2, -0.15) is 0 Å². The third-order valence-electron chi connectivity index (χ3n) is 7.10. The van der Waals surface area contributed by atoms with Crippen LogP contribution in [0, 0.1) is 11.8 Å². The number of carbonyl (C=O) groups is 2. The van der Waals surface area contributed by atoms with E-state index in [9.17, 15) is 9.59 Å². The van der Waals surface area contributed by atoms with Crippen molar-refractivity contribution in [2.45, 2.75) is 45.2 Å². The minimum atomic E-state index is -0.130. The number of methoxy groups -OCH3 is 1. The van der Waals surface area contributed by atoms with Crippen LogP contribution in [0.1, 0.15) is 48.8 Å². The number of hydrogen-bond acceptors (Lipinski definition) is 5. The molecule has 34 heavy (non-hydrogen) atoms. The number of rotatable bonds is 6. The van der Waals surface area contributed by atoms with Crippen LogP contribution in [0.4, 0.5) is 0 Å². The van der Waals surface area contributed by atoms with Crippen molar-refractivity contribution in [3.05, 3.63) is 66.2 Å². The predicted octanol–water partition coefficient (Wildman–Crippen LogP) is 4.93. The van der Waals surface area contributed by atoms with E-state index in [2.05, 4.69) is 11.4 Å². The summed E-state index contributed by atoms with van der Waals surface area (Å²) in [6.45, 7) is 2.51. The standard InChI is InChI=1S/C27H29N3O4/c1-17(18-7-9-20(10-8-18)27(32)33-2)28-26(31)24-15-25-23(13-14-34-25)30(24)16-21-12-11-19-5-3-4-6-22(19)29-21/h3-6,11-15,17-18,20H,7-10,16H2,1-2H3,(H,28,31)/t17?,18-,20-. The average Bonchev–Trinajstić information content (AvgIpc) is 3.46. The molecule has 7 heteroatoms. The number of carbonyl (C=O) groups excluding carboxylic acids is 2. The summed E-state index contributed by atoms with van der Waals surface area (Å²) < 4.78 is 12.5. The maximum Gasteiger partial charge on any atom is 0.308 e. The van der Waals surface area contributed by atoms with Gasteiger partial charge >= 0.3 is 5.97 Å². The van der Waals surface area contributed by atoms with Crippen molar-refractivity contribution in [3.8, 4) is 0 Å². The van der Waals surface area contributed by atoms with Crippen LogP contribution in [-0.4, -0.2) is 34.6 Å². The highest BCUT2D eigenvalue weighted by atomic mass is 16.5. The molecule has 1 aliphatic rings. The second-order valence-corrected chi connectivity index (χ2v) is 9.18. The Bertz CT molecular complexity index is 1330. The van der Waals surface area contributed by atoms with Gasteiger partial charge in [-0.25, -0.2) is 0 Å². The Morgan fingerprint density at radius 2 is 1.94 bits per heavy atom. The van der Waals surface area contributed by atoms with E-state index in [1.54, 1.807) is 12.3 Å². The summed E-state index contributed by atoms with van der Waals surface area (Å²) in [5.41, 5.74) is 3.90. The van der Waals surface area contributed by atoms with Crippen molar-refractivity contribution >= 4 is 33.9 Å². The van der Waals surface area contributed by atoms with Gasteiger partial charge in [-0.1, -0.05) is 24.3 Å². The molecule has 1 fully saturated rings. The molecule has 0 bridgehead atoms. The first-order chi connectivity index (χ1) is 16.5. The van der Waals surface area contributed by atoms with Gasteiger partial charge in [0.25, 0.3) is 5.91 Å². The highest BCUT2D eigenvalue weighted by Crippen LogP contribution is 2.32. The van der Waals surface area contributed by atoms with Gasteiger partial charge in [0, 0.05) is 23.6 Å². The molecule has 3 aromatic heterocycles. The summed E-state index contributed by atoms with van der Waals surface area (Å²) in [6.07, 6.45) is 5.03. The minimum absolute atomic E-state index is 0.000424. The van der Waals surface area contributed by atoms with Crippen LogP contribution < -0.4 is 5.32 Å². The lowest BCUT2D eigenvalue weighted by Crippen LogP contribution is -2.40. The molecule has 3 heterocycles. The van der Waals surface area contributed by atoms with Gasteiger partial charge in [-0.15, -0.1) is 0 Å². The molecule has 176 valence electrons. The summed E-state index contributed by atoms with van der Waals surface area (Å²) in [5.74, 6) is 0.0498. The Morgan fingerprint density at radius 1 is 1.15 bits per heavy atom. The van der Waals surface area contributed by atoms with Gasteiger partial charge in [0.15, 0.2) is 5.58 Å². The lowest BCUT2D eigenvalue weighted by Gasteiger charge is -2.31. The number of nitrogens with one attached hydrogen (secondary N) is 1. The zero-order valence-corrected chi connectivity index (χ0v) is 19.5. The SMILES string of the molecule is COC(=O)[C@H]1CC[C@H](C(C)NC(=O)c2cc3occc3n2Cc2ccc3ccccc3n2)CC1. The van der Waals surface area contributed by atoms with Crippen LogP contribution in [0.3, 0.4) is 0 Å². The highest BCUT2D eigenvalue weighted by molar-refractivity contribution is 5.97. The number of aromatic nitrogens is 2. The Kier molecular flexibility index (Phi) is 6.09. The van der Waals surface area contributed by atoms with E-state index in [0.717, 1.165) is 47.8 Å². The Labute approximate surface area is 198 Å². The molecule has 1 N–H and O–H groups in total. The molecule has 0 saturated heterocycles. The third-order valence-corrected chi connectivity index (χ3v) is 7.10. The van der Waals surface area contributed by atoms with Gasteiger partial charge in [-0.3, -0.25) is 14.6 Å². The van der Waals surface area contributed by atoms with E-state index in [-0.39, 0.29) is 23.8 Å². The summed E-state index contributed by atoms with van der Waals surface area (Å²) in [4.78, 5) is 29.9. The fraction of sp³-hybridized carbons (Fsp3) is 0.370. The largest absolute Gasteiger partial charge is 0.469 e. The van der Waals surface area contributed by atoms with Crippen molar-refractivity contribution in [1.82, 2.24) is 14.9 Å². The summed E-state index contributed by atoms with van der Waals surface area (Å²) >= 11 is 0. The van der Waals surface area contributed by atoms with Crippen molar-refractivity contribution in [1.29, 1.82) is 0 Å². The number of hydrogen-bond donors (Lipinski definition) is 1. The van der Waals surface area contributed by atoms with Crippen molar-refractivity contribution in [2.75, 3.05) is 7.11 Å². The molecular weight excluding hydrogens is 430 g/mol. The first-order valence-electron chi connectivity index (χ1n) is 11.8. The number of pyridine rings is 1. The second-order valence-electron chi connectivity index (χ2n) is 9.18. The van der Waals surface area contributed by atoms with E-state index in [0.29, 0.717) is 23.7 Å². The number of benzene rings is 1. The van der Waals surface area contributed by atoms with Gasteiger partial charge < -0.3 is 19.0 Å². The van der Waals surface area contributed by atoms with Crippen LogP contribution in [0.15, 0.2) is 59.2 Å². The van der Waals surface area contributed by atoms with Gasteiger partial charge in [0.2, 0.25) is 0 Å². The van der Waals surface area contributed by atoms with Crippen molar-refractivity contribution in [3.63, 3.8) is 0 Å².